The summed E-state index contributed by atoms with van der Waals surface area (Å²) < 4.78 is 12.3. The van der Waals surface area contributed by atoms with Crippen molar-refractivity contribution in [1.82, 2.24) is 0 Å². The Hall–Kier alpha value is -0.710. The monoisotopic (exact) mass is 370 g/mol. The van der Waals surface area contributed by atoms with Crippen molar-refractivity contribution in [2.75, 3.05) is 6.61 Å². The summed E-state index contributed by atoms with van der Waals surface area (Å²) in [4.78, 5) is 23.4. The average Bonchev–Trinajstić information content (AvgIpc) is 2.89. The highest BCUT2D eigenvalue weighted by Gasteiger charge is 2.54. The maximum absolute atomic E-state index is 12.1. The number of carbonyl (C=O) groups excluding carboxylic acids is 2. The van der Waals surface area contributed by atoms with E-state index >= 15 is 0 Å². The molecule has 0 radical (unpaired) electrons. The zero-order valence-electron chi connectivity index (χ0n) is 15.9. The van der Waals surface area contributed by atoms with Gasteiger partial charge in [0.2, 0.25) is 5.24 Å². The number of fused-ring (bicyclic) bond motifs is 2. The van der Waals surface area contributed by atoms with Crippen LogP contribution in [0.1, 0.15) is 72.6 Å². The third-order valence-electron chi connectivity index (χ3n) is 5.63. The lowest BCUT2D eigenvalue weighted by Crippen LogP contribution is -2.52. The van der Waals surface area contributed by atoms with Crippen LogP contribution in [-0.2, 0) is 19.1 Å². The van der Waals surface area contributed by atoms with Gasteiger partial charge in [-0.25, -0.2) is 0 Å². The minimum Gasteiger partial charge on any atom is -0.370 e. The van der Waals surface area contributed by atoms with E-state index in [1.54, 1.807) is 0 Å². The SMILES string of the molecule is CC(C)=CCC(=O)C(C)CCC[C@]1(C)OC[C@]2(CC(=O)Cl)CC[C@H]1O2. The van der Waals surface area contributed by atoms with Crippen LogP contribution in [0.5, 0.6) is 0 Å². The normalized spacial score (nSPS) is 32.3. The molecule has 25 heavy (non-hydrogen) atoms. The smallest absolute Gasteiger partial charge is 0.224 e. The second-order valence-electron chi connectivity index (χ2n) is 8.21. The highest BCUT2D eigenvalue weighted by molar-refractivity contribution is 6.63. The van der Waals surface area contributed by atoms with Crippen LogP contribution in [0.4, 0.5) is 0 Å². The van der Waals surface area contributed by atoms with Gasteiger partial charge in [0.05, 0.1) is 24.7 Å². The first kappa shape index (κ1) is 20.6. The van der Waals surface area contributed by atoms with Crippen LogP contribution in [-0.4, -0.2) is 34.9 Å². The first-order chi connectivity index (χ1) is 11.7. The van der Waals surface area contributed by atoms with E-state index < -0.39 is 5.60 Å². The molecule has 4 nitrogen and oxygen atoms in total. The summed E-state index contributed by atoms with van der Waals surface area (Å²) in [6, 6.07) is 0. The van der Waals surface area contributed by atoms with Crippen LogP contribution in [0.15, 0.2) is 11.6 Å². The third-order valence-corrected chi connectivity index (χ3v) is 5.77. The quantitative estimate of drug-likeness (QED) is 0.440. The average molecular weight is 371 g/mol. The molecule has 0 aromatic rings. The van der Waals surface area contributed by atoms with Crippen molar-refractivity contribution in [3.63, 3.8) is 0 Å². The maximum atomic E-state index is 12.1. The molecule has 2 bridgehead atoms. The van der Waals surface area contributed by atoms with E-state index in [2.05, 4.69) is 6.92 Å². The maximum Gasteiger partial charge on any atom is 0.224 e. The lowest BCUT2D eigenvalue weighted by atomic mass is 9.88. The van der Waals surface area contributed by atoms with Crippen LogP contribution in [0.25, 0.3) is 0 Å². The second kappa shape index (κ2) is 8.32. The Morgan fingerprint density at radius 3 is 2.72 bits per heavy atom. The fraction of sp³-hybridized carbons (Fsp3) is 0.800. The Kier molecular flexibility index (Phi) is 6.86. The molecule has 0 aliphatic carbocycles. The van der Waals surface area contributed by atoms with E-state index in [1.165, 1.54) is 5.57 Å². The predicted octanol–water partition coefficient (Wildman–Crippen LogP) is 4.58. The van der Waals surface area contributed by atoms with E-state index in [1.807, 2.05) is 26.8 Å². The number of hydrogen-bond acceptors (Lipinski definition) is 4. The van der Waals surface area contributed by atoms with Gasteiger partial charge in [0.1, 0.15) is 11.4 Å². The van der Waals surface area contributed by atoms with E-state index in [9.17, 15) is 9.59 Å². The standard InChI is InChI=1S/C20H31ClO4/c1-14(2)7-8-16(22)15(3)6-5-10-19(4)17-9-11-20(25-17,13-24-19)12-18(21)23/h7,15,17H,5-6,8-13H2,1-4H3/t15?,17-,19+,20-/m1/s1. The molecule has 0 aromatic heterocycles. The molecule has 0 aromatic carbocycles. The number of ether oxygens (including phenoxy) is 2. The summed E-state index contributed by atoms with van der Waals surface area (Å²) >= 11 is 5.55. The first-order valence-corrected chi connectivity index (χ1v) is 9.70. The van der Waals surface area contributed by atoms with Gasteiger partial charge in [-0.1, -0.05) is 18.6 Å². The van der Waals surface area contributed by atoms with Crippen molar-refractivity contribution in [1.29, 1.82) is 0 Å². The molecule has 5 heteroatoms. The zero-order valence-corrected chi connectivity index (χ0v) is 16.7. The van der Waals surface area contributed by atoms with Crippen LogP contribution < -0.4 is 0 Å². The second-order valence-corrected chi connectivity index (χ2v) is 8.63. The molecule has 2 fully saturated rings. The molecule has 2 rings (SSSR count). The van der Waals surface area contributed by atoms with Gasteiger partial charge in [-0.05, 0) is 64.5 Å². The fourth-order valence-corrected chi connectivity index (χ4v) is 4.08. The number of carbonyl (C=O) groups is 2. The minimum absolute atomic E-state index is 0.00829. The van der Waals surface area contributed by atoms with Crippen LogP contribution in [0, 0.1) is 5.92 Å². The molecule has 2 saturated heterocycles. The summed E-state index contributed by atoms with van der Waals surface area (Å²) in [5, 5.41) is -0.364. The number of hydrogen-bond donors (Lipinski definition) is 0. The molecule has 2 aliphatic heterocycles. The van der Waals surface area contributed by atoms with Crippen molar-refractivity contribution in [2.45, 2.75) is 89.9 Å². The fourth-order valence-electron chi connectivity index (χ4n) is 3.83. The zero-order chi connectivity index (χ0) is 18.7. The third kappa shape index (κ3) is 5.38. The Morgan fingerprint density at radius 1 is 1.36 bits per heavy atom. The molecule has 0 N–H and O–H groups in total. The van der Waals surface area contributed by atoms with Gasteiger partial charge < -0.3 is 9.47 Å². The number of ketones is 1. The van der Waals surface area contributed by atoms with Crippen molar-refractivity contribution in [3.8, 4) is 0 Å². The summed E-state index contributed by atoms with van der Waals surface area (Å²) in [5.41, 5.74) is 0.329. The lowest BCUT2D eigenvalue weighted by molar-refractivity contribution is -0.240. The highest BCUT2D eigenvalue weighted by atomic mass is 35.5. The summed E-state index contributed by atoms with van der Waals surface area (Å²) in [6.07, 6.45) is 7.13. The summed E-state index contributed by atoms with van der Waals surface area (Å²) in [5.74, 6) is 0.368. The van der Waals surface area contributed by atoms with Gasteiger partial charge in [-0.3, -0.25) is 9.59 Å². The van der Waals surface area contributed by atoms with Gasteiger partial charge in [-0.15, -0.1) is 0 Å². The molecular formula is C20H31ClO4. The van der Waals surface area contributed by atoms with Gasteiger partial charge in [0.15, 0.2) is 0 Å². The van der Waals surface area contributed by atoms with Gasteiger partial charge in [0, 0.05) is 12.3 Å². The van der Waals surface area contributed by atoms with E-state index in [4.69, 9.17) is 21.1 Å². The van der Waals surface area contributed by atoms with Crippen molar-refractivity contribution in [2.24, 2.45) is 5.92 Å². The number of allylic oxidation sites excluding steroid dienone is 2. The largest absolute Gasteiger partial charge is 0.370 e. The predicted molar refractivity (Wildman–Crippen MR) is 98.7 cm³/mol. The highest BCUT2D eigenvalue weighted by Crippen LogP contribution is 2.46. The Balaban J connectivity index is 1.81. The molecule has 2 aliphatic rings. The topological polar surface area (TPSA) is 52.6 Å². The molecule has 1 unspecified atom stereocenters. The van der Waals surface area contributed by atoms with Gasteiger partial charge in [-0.2, -0.15) is 0 Å². The number of Topliss-reactive ketones (excluding diaryl/α,β-unsaturated/α-hetero) is 1. The minimum atomic E-state index is -0.517. The van der Waals surface area contributed by atoms with Gasteiger partial charge in [0.25, 0.3) is 0 Å². The molecule has 0 spiro atoms. The van der Waals surface area contributed by atoms with E-state index in [0.717, 1.165) is 32.1 Å². The van der Waals surface area contributed by atoms with Crippen LogP contribution >= 0.6 is 11.6 Å². The molecule has 0 amide bonds. The Bertz CT molecular complexity index is 540. The molecule has 142 valence electrons. The van der Waals surface area contributed by atoms with E-state index in [0.29, 0.717) is 18.8 Å². The molecule has 4 atom stereocenters. The number of rotatable bonds is 9. The van der Waals surface area contributed by atoms with Crippen LogP contribution in [0.2, 0.25) is 0 Å². The van der Waals surface area contributed by atoms with Crippen molar-refractivity contribution >= 4 is 22.6 Å². The molecular weight excluding hydrogens is 340 g/mol. The Morgan fingerprint density at radius 2 is 2.08 bits per heavy atom. The van der Waals surface area contributed by atoms with Crippen LogP contribution in [0.3, 0.4) is 0 Å². The van der Waals surface area contributed by atoms with Crippen molar-refractivity contribution in [3.05, 3.63) is 11.6 Å². The van der Waals surface area contributed by atoms with Crippen molar-refractivity contribution < 1.29 is 19.1 Å². The lowest BCUT2D eigenvalue weighted by Gasteiger charge is -2.44. The summed E-state index contributed by atoms with van der Waals surface area (Å²) in [6.45, 7) is 8.55. The molecule has 2 heterocycles. The summed E-state index contributed by atoms with van der Waals surface area (Å²) in [7, 11) is 0. The number of halogens is 1. The molecule has 0 saturated carbocycles. The van der Waals surface area contributed by atoms with E-state index in [-0.39, 0.29) is 29.3 Å². The van der Waals surface area contributed by atoms with Gasteiger partial charge >= 0.3 is 0 Å². The first-order valence-electron chi connectivity index (χ1n) is 9.32. The Labute approximate surface area is 156 Å².